The van der Waals surface area contributed by atoms with Crippen LogP contribution in [-0.2, 0) is 22.7 Å². The first kappa shape index (κ1) is 20.5. The van der Waals surface area contributed by atoms with Gasteiger partial charge in [0.25, 0.3) is 11.8 Å². The van der Waals surface area contributed by atoms with Crippen molar-refractivity contribution in [3.8, 4) is 0 Å². The summed E-state index contributed by atoms with van der Waals surface area (Å²) in [6.07, 6.45) is 1.67. The number of aromatic nitrogens is 1. The molecule has 3 aromatic rings. The standard InChI is InChI=1S/C26H25N3O2/c1-18-12-13-22(19(2)15-18)23-24(28(3)16-20-9-5-4-6-10-20)26(31)29(25(23)30)17-21-11-7-8-14-27-21/h4-15H,16-17H2,1-3H3. The smallest absolute Gasteiger partial charge is 0.278 e. The Balaban J connectivity index is 1.77. The molecule has 2 aromatic carbocycles. The maximum absolute atomic E-state index is 13.5. The number of hydrogen-bond donors (Lipinski definition) is 0. The van der Waals surface area contributed by atoms with Crippen molar-refractivity contribution in [1.82, 2.24) is 14.8 Å². The summed E-state index contributed by atoms with van der Waals surface area (Å²) in [5.41, 5.74) is 5.51. The summed E-state index contributed by atoms with van der Waals surface area (Å²) in [5.74, 6) is -0.568. The average molecular weight is 412 g/mol. The highest BCUT2D eigenvalue weighted by Crippen LogP contribution is 2.34. The Morgan fingerprint density at radius 1 is 0.903 bits per heavy atom. The molecule has 31 heavy (non-hydrogen) atoms. The first-order valence-corrected chi connectivity index (χ1v) is 10.3. The zero-order chi connectivity index (χ0) is 22.0. The van der Waals surface area contributed by atoms with Gasteiger partial charge in [0.05, 0.1) is 17.8 Å². The summed E-state index contributed by atoms with van der Waals surface area (Å²) in [6.45, 7) is 4.67. The predicted molar refractivity (Wildman–Crippen MR) is 121 cm³/mol. The summed E-state index contributed by atoms with van der Waals surface area (Å²) in [7, 11) is 1.86. The number of benzene rings is 2. The largest absolute Gasteiger partial charge is 0.365 e. The van der Waals surface area contributed by atoms with Crippen molar-refractivity contribution in [3.05, 3.63) is 107 Å². The number of amides is 2. The number of carbonyl (C=O) groups excluding carboxylic acids is 2. The normalized spacial score (nSPS) is 13.8. The van der Waals surface area contributed by atoms with Gasteiger partial charge in [0.1, 0.15) is 5.70 Å². The van der Waals surface area contributed by atoms with Gasteiger partial charge < -0.3 is 4.90 Å². The molecule has 0 N–H and O–H groups in total. The van der Waals surface area contributed by atoms with Crippen LogP contribution in [0.3, 0.4) is 0 Å². The third kappa shape index (κ3) is 4.12. The fourth-order valence-electron chi connectivity index (χ4n) is 3.99. The first-order valence-electron chi connectivity index (χ1n) is 10.3. The van der Waals surface area contributed by atoms with Crippen LogP contribution in [0.15, 0.2) is 78.6 Å². The summed E-state index contributed by atoms with van der Waals surface area (Å²) >= 11 is 0. The number of aryl methyl sites for hydroxylation is 2. The molecular weight excluding hydrogens is 386 g/mol. The Morgan fingerprint density at radius 2 is 1.65 bits per heavy atom. The van der Waals surface area contributed by atoms with E-state index in [0.717, 1.165) is 22.3 Å². The zero-order valence-corrected chi connectivity index (χ0v) is 18.0. The van der Waals surface area contributed by atoms with Crippen LogP contribution in [0.5, 0.6) is 0 Å². The fourth-order valence-corrected chi connectivity index (χ4v) is 3.99. The molecule has 0 bridgehead atoms. The van der Waals surface area contributed by atoms with Gasteiger partial charge >= 0.3 is 0 Å². The predicted octanol–water partition coefficient (Wildman–Crippen LogP) is 4.11. The first-order chi connectivity index (χ1) is 15.0. The van der Waals surface area contributed by atoms with Crippen molar-refractivity contribution >= 4 is 17.4 Å². The number of nitrogens with zero attached hydrogens (tertiary/aromatic N) is 3. The van der Waals surface area contributed by atoms with E-state index in [-0.39, 0.29) is 18.4 Å². The van der Waals surface area contributed by atoms with Gasteiger partial charge in [-0.2, -0.15) is 0 Å². The maximum Gasteiger partial charge on any atom is 0.278 e. The molecule has 1 aromatic heterocycles. The number of rotatable bonds is 6. The molecule has 5 heteroatoms. The van der Waals surface area contributed by atoms with Crippen molar-refractivity contribution in [2.75, 3.05) is 7.05 Å². The molecule has 1 aliphatic rings. The molecule has 2 amide bonds. The van der Waals surface area contributed by atoms with Gasteiger partial charge in [0.15, 0.2) is 0 Å². The highest BCUT2D eigenvalue weighted by molar-refractivity contribution is 6.35. The summed E-state index contributed by atoms with van der Waals surface area (Å²) in [4.78, 5) is 34.5. The number of hydrogen-bond acceptors (Lipinski definition) is 4. The van der Waals surface area contributed by atoms with Crippen molar-refractivity contribution < 1.29 is 9.59 Å². The molecule has 156 valence electrons. The molecule has 0 saturated heterocycles. The van der Waals surface area contributed by atoms with Crippen molar-refractivity contribution in [2.24, 2.45) is 0 Å². The lowest BCUT2D eigenvalue weighted by Gasteiger charge is -2.21. The average Bonchev–Trinajstić information content (AvgIpc) is 3.00. The minimum atomic E-state index is -0.288. The highest BCUT2D eigenvalue weighted by Gasteiger charge is 2.41. The van der Waals surface area contributed by atoms with Gasteiger partial charge in [-0.25, -0.2) is 0 Å². The minimum absolute atomic E-state index is 0.148. The Hall–Kier alpha value is -3.73. The second kappa shape index (κ2) is 8.56. The quantitative estimate of drug-likeness (QED) is 0.573. The van der Waals surface area contributed by atoms with Crippen LogP contribution in [-0.4, -0.2) is 33.6 Å². The molecule has 1 aliphatic heterocycles. The SMILES string of the molecule is Cc1ccc(C2=C(N(C)Cc3ccccc3)C(=O)N(Cc3ccccn3)C2=O)c(C)c1. The number of pyridine rings is 1. The lowest BCUT2D eigenvalue weighted by atomic mass is 9.97. The Bertz CT molecular complexity index is 1150. The van der Waals surface area contributed by atoms with E-state index >= 15 is 0 Å². The van der Waals surface area contributed by atoms with Crippen LogP contribution in [0.4, 0.5) is 0 Å². The van der Waals surface area contributed by atoms with E-state index in [1.54, 1.807) is 6.20 Å². The lowest BCUT2D eigenvalue weighted by Crippen LogP contribution is -2.34. The van der Waals surface area contributed by atoms with Gasteiger partial charge in [0.2, 0.25) is 0 Å². The van der Waals surface area contributed by atoms with E-state index in [0.29, 0.717) is 23.5 Å². The Labute approximate surface area is 182 Å². The summed E-state index contributed by atoms with van der Waals surface area (Å²) in [5, 5.41) is 0. The van der Waals surface area contributed by atoms with Crippen LogP contribution < -0.4 is 0 Å². The summed E-state index contributed by atoms with van der Waals surface area (Å²) in [6, 6.07) is 21.4. The molecule has 0 radical (unpaired) electrons. The van der Waals surface area contributed by atoms with E-state index in [1.165, 1.54) is 4.90 Å². The summed E-state index contributed by atoms with van der Waals surface area (Å²) < 4.78 is 0. The number of carbonyl (C=O) groups is 2. The van der Waals surface area contributed by atoms with Gasteiger partial charge in [0, 0.05) is 19.8 Å². The molecule has 4 rings (SSSR count). The third-order valence-corrected chi connectivity index (χ3v) is 5.49. The van der Waals surface area contributed by atoms with Crippen molar-refractivity contribution in [1.29, 1.82) is 0 Å². The maximum atomic E-state index is 13.5. The molecular formula is C26H25N3O2. The second-order valence-electron chi connectivity index (χ2n) is 7.90. The van der Waals surface area contributed by atoms with Crippen LogP contribution in [0.25, 0.3) is 5.57 Å². The highest BCUT2D eigenvalue weighted by atomic mass is 16.2. The van der Waals surface area contributed by atoms with E-state index in [9.17, 15) is 9.59 Å². The number of imide groups is 1. The van der Waals surface area contributed by atoms with Crippen LogP contribution in [0.1, 0.15) is 27.9 Å². The molecule has 0 atom stereocenters. The second-order valence-corrected chi connectivity index (χ2v) is 7.90. The molecule has 0 spiro atoms. The van der Waals surface area contributed by atoms with E-state index in [4.69, 9.17) is 0 Å². The molecule has 0 aliphatic carbocycles. The van der Waals surface area contributed by atoms with Crippen molar-refractivity contribution in [3.63, 3.8) is 0 Å². The number of likely N-dealkylation sites (N-methyl/N-ethyl adjacent to an activating group) is 1. The molecule has 5 nitrogen and oxygen atoms in total. The molecule has 2 heterocycles. The Kier molecular flexibility index (Phi) is 5.67. The van der Waals surface area contributed by atoms with Gasteiger partial charge in [-0.1, -0.05) is 60.2 Å². The van der Waals surface area contributed by atoms with E-state index < -0.39 is 0 Å². The molecule has 0 fully saturated rings. The van der Waals surface area contributed by atoms with Gasteiger partial charge in [-0.3, -0.25) is 19.5 Å². The third-order valence-electron chi connectivity index (χ3n) is 5.49. The van der Waals surface area contributed by atoms with Crippen molar-refractivity contribution in [2.45, 2.75) is 26.9 Å². The van der Waals surface area contributed by atoms with Gasteiger partial charge in [-0.05, 0) is 42.7 Å². The minimum Gasteiger partial charge on any atom is -0.365 e. The van der Waals surface area contributed by atoms with E-state index in [1.807, 2.05) is 92.5 Å². The fraction of sp³-hybridized carbons (Fsp3) is 0.192. The topological polar surface area (TPSA) is 53.5 Å². The molecule has 0 saturated carbocycles. The van der Waals surface area contributed by atoms with Crippen LogP contribution in [0.2, 0.25) is 0 Å². The molecule has 0 unspecified atom stereocenters. The monoisotopic (exact) mass is 411 g/mol. The van der Waals surface area contributed by atoms with Crippen LogP contribution >= 0.6 is 0 Å². The van der Waals surface area contributed by atoms with Crippen LogP contribution in [0, 0.1) is 13.8 Å². The Morgan fingerprint density at radius 3 is 2.32 bits per heavy atom. The van der Waals surface area contributed by atoms with Gasteiger partial charge in [-0.15, -0.1) is 0 Å². The lowest BCUT2D eigenvalue weighted by molar-refractivity contribution is -0.138. The zero-order valence-electron chi connectivity index (χ0n) is 18.0. The van der Waals surface area contributed by atoms with E-state index in [2.05, 4.69) is 4.98 Å².